The van der Waals surface area contributed by atoms with Crippen LogP contribution in [-0.2, 0) is 23.6 Å². The maximum absolute atomic E-state index is 12.9. The largest absolute Gasteiger partial charge is 0.274 e. The zero-order chi connectivity index (χ0) is 15.0. The number of aromatic nitrogens is 3. The highest BCUT2D eigenvalue weighted by Gasteiger charge is 2.39. The van der Waals surface area contributed by atoms with E-state index >= 15 is 0 Å². The molecule has 0 unspecified atom stereocenters. The third-order valence-corrected chi connectivity index (χ3v) is 5.60. The molecule has 0 N–H and O–H groups in total. The molecule has 0 saturated heterocycles. The fraction of sp³-hybridized carbons (Fsp3) is 0.429. The first-order chi connectivity index (χ1) is 9.98. The normalized spacial score (nSPS) is 15.6. The molecule has 1 fully saturated rings. The number of sulfonamides is 1. The number of aryl methyl sites for hydroxylation is 2. The van der Waals surface area contributed by atoms with E-state index in [2.05, 4.69) is 10.1 Å². The lowest BCUT2D eigenvalue weighted by Crippen LogP contribution is -2.32. The van der Waals surface area contributed by atoms with E-state index in [0.717, 1.165) is 18.4 Å². The quantitative estimate of drug-likeness (QED) is 0.839. The van der Waals surface area contributed by atoms with Gasteiger partial charge in [-0.2, -0.15) is 9.40 Å². The van der Waals surface area contributed by atoms with Gasteiger partial charge in [-0.05, 0) is 37.5 Å². The molecule has 2 aromatic heterocycles. The predicted octanol–water partition coefficient (Wildman–Crippen LogP) is 1.48. The van der Waals surface area contributed by atoms with Crippen LogP contribution in [-0.4, -0.2) is 33.5 Å². The standard InChI is InChI=1S/C14H18N4O2S/c1-11-14(10-17(2)16-11)21(19,20)18(13-3-4-13)9-12-5-7-15-8-6-12/h5-8,10,13H,3-4,9H2,1-2H3. The van der Waals surface area contributed by atoms with Crippen LogP contribution in [0.1, 0.15) is 24.1 Å². The molecule has 0 aliphatic heterocycles. The van der Waals surface area contributed by atoms with Crippen LogP contribution >= 0.6 is 0 Å². The second-order valence-corrected chi connectivity index (χ2v) is 7.25. The van der Waals surface area contributed by atoms with E-state index in [1.54, 1.807) is 41.5 Å². The molecule has 3 rings (SSSR count). The minimum Gasteiger partial charge on any atom is -0.274 e. The Bertz CT molecular complexity index is 736. The summed E-state index contributed by atoms with van der Waals surface area (Å²) < 4.78 is 28.9. The number of nitrogens with zero attached hydrogens (tertiary/aromatic N) is 4. The van der Waals surface area contributed by atoms with E-state index in [1.165, 1.54) is 0 Å². The van der Waals surface area contributed by atoms with Crippen molar-refractivity contribution >= 4 is 10.0 Å². The topological polar surface area (TPSA) is 68.1 Å². The highest BCUT2D eigenvalue weighted by Crippen LogP contribution is 2.34. The lowest BCUT2D eigenvalue weighted by Gasteiger charge is -2.21. The van der Waals surface area contributed by atoms with Crippen LogP contribution in [0.5, 0.6) is 0 Å². The summed E-state index contributed by atoms with van der Waals surface area (Å²) in [5.41, 5.74) is 1.49. The minimum atomic E-state index is -3.52. The van der Waals surface area contributed by atoms with Gasteiger partial charge in [-0.3, -0.25) is 9.67 Å². The van der Waals surface area contributed by atoms with Crippen molar-refractivity contribution in [1.82, 2.24) is 19.1 Å². The Morgan fingerprint density at radius 3 is 2.52 bits per heavy atom. The maximum atomic E-state index is 12.9. The minimum absolute atomic E-state index is 0.0998. The summed E-state index contributed by atoms with van der Waals surface area (Å²) in [6.45, 7) is 2.11. The summed E-state index contributed by atoms with van der Waals surface area (Å²) in [5.74, 6) is 0. The van der Waals surface area contributed by atoms with Crippen LogP contribution in [0.15, 0.2) is 35.6 Å². The van der Waals surface area contributed by atoms with E-state index in [0.29, 0.717) is 17.1 Å². The van der Waals surface area contributed by atoms with Crippen LogP contribution < -0.4 is 0 Å². The van der Waals surface area contributed by atoms with Gasteiger partial charge in [0.25, 0.3) is 0 Å². The average Bonchev–Trinajstić information content (AvgIpc) is 3.21. The van der Waals surface area contributed by atoms with Gasteiger partial charge in [0.05, 0.1) is 5.69 Å². The van der Waals surface area contributed by atoms with Crippen molar-refractivity contribution in [2.45, 2.75) is 37.2 Å². The summed E-state index contributed by atoms with van der Waals surface area (Å²) in [7, 11) is -1.78. The van der Waals surface area contributed by atoms with Gasteiger partial charge >= 0.3 is 0 Å². The molecule has 6 nitrogen and oxygen atoms in total. The molecule has 1 aliphatic rings. The molecular formula is C14H18N4O2S. The fourth-order valence-corrected chi connectivity index (χ4v) is 4.27. The molecule has 0 radical (unpaired) electrons. The Balaban J connectivity index is 1.95. The molecule has 1 aliphatic carbocycles. The summed E-state index contributed by atoms with van der Waals surface area (Å²) in [6.07, 6.45) is 6.78. The second kappa shape index (κ2) is 5.23. The Hall–Kier alpha value is -1.73. The lowest BCUT2D eigenvalue weighted by atomic mass is 10.3. The number of hydrogen-bond donors (Lipinski definition) is 0. The summed E-state index contributed by atoms with van der Waals surface area (Å²) in [4.78, 5) is 4.27. The van der Waals surface area contributed by atoms with Crippen LogP contribution in [0, 0.1) is 6.92 Å². The van der Waals surface area contributed by atoms with Gasteiger partial charge in [-0.15, -0.1) is 0 Å². The maximum Gasteiger partial charge on any atom is 0.247 e. The average molecular weight is 306 g/mol. The van der Waals surface area contributed by atoms with Gasteiger partial charge in [0.1, 0.15) is 4.90 Å². The number of hydrogen-bond acceptors (Lipinski definition) is 4. The van der Waals surface area contributed by atoms with Gasteiger partial charge in [0.15, 0.2) is 0 Å². The molecule has 0 amide bonds. The third-order valence-electron chi connectivity index (χ3n) is 3.60. The molecule has 0 atom stereocenters. The van der Waals surface area contributed by atoms with Crippen molar-refractivity contribution in [3.63, 3.8) is 0 Å². The molecular weight excluding hydrogens is 288 g/mol. The highest BCUT2D eigenvalue weighted by atomic mass is 32.2. The third kappa shape index (κ3) is 2.84. The van der Waals surface area contributed by atoms with Gasteiger partial charge in [-0.1, -0.05) is 0 Å². The molecule has 7 heteroatoms. The lowest BCUT2D eigenvalue weighted by molar-refractivity contribution is 0.398. The smallest absolute Gasteiger partial charge is 0.247 e. The fourth-order valence-electron chi connectivity index (χ4n) is 2.40. The SMILES string of the molecule is Cc1nn(C)cc1S(=O)(=O)N(Cc1ccncc1)C1CC1. The van der Waals surface area contributed by atoms with Crippen molar-refractivity contribution < 1.29 is 8.42 Å². The highest BCUT2D eigenvalue weighted by molar-refractivity contribution is 7.89. The summed E-state index contributed by atoms with van der Waals surface area (Å²) in [5, 5.41) is 4.15. The van der Waals surface area contributed by atoms with E-state index in [-0.39, 0.29) is 6.04 Å². The molecule has 112 valence electrons. The zero-order valence-electron chi connectivity index (χ0n) is 12.1. The van der Waals surface area contributed by atoms with Crippen LogP contribution in [0.4, 0.5) is 0 Å². The summed E-state index contributed by atoms with van der Waals surface area (Å²) >= 11 is 0. The zero-order valence-corrected chi connectivity index (χ0v) is 12.9. The van der Waals surface area contributed by atoms with Crippen molar-refractivity contribution in [1.29, 1.82) is 0 Å². The molecule has 0 bridgehead atoms. The van der Waals surface area contributed by atoms with Gasteiger partial charge in [0, 0.05) is 38.2 Å². The first-order valence-corrected chi connectivity index (χ1v) is 8.33. The first kappa shape index (κ1) is 14.2. The van der Waals surface area contributed by atoms with Crippen LogP contribution in [0.25, 0.3) is 0 Å². The van der Waals surface area contributed by atoms with E-state index in [1.807, 2.05) is 12.1 Å². The van der Waals surface area contributed by atoms with E-state index in [4.69, 9.17) is 0 Å². The second-order valence-electron chi connectivity index (χ2n) is 5.39. The first-order valence-electron chi connectivity index (χ1n) is 6.89. The van der Waals surface area contributed by atoms with Crippen LogP contribution in [0.3, 0.4) is 0 Å². The number of pyridine rings is 1. The number of rotatable bonds is 5. The van der Waals surface area contributed by atoms with Gasteiger partial charge < -0.3 is 0 Å². The molecule has 1 saturated carbocycles. The van der Waals surface area contributed by atoms with E-state index in [9.17, 15) is 8.42 Å². The Morgan fingerprint density at radius 1 is 1.33 bits per heavy atom. The van der Waals surface area contributed by atoms with Crippen molar-refractivity contribution in [2.75, 3.05) is 0 Å². The molecule has 2 aromatic rings. The molecule has 21 heavy (non-hydrogen) atoms. The monoisotopic (exact) mass is 306 g/mol. The van der Waals surface area contributed by atoms with Crippen LogP contribution in [0.2, 0.25) is 0 Å². The Kier molecular flexibility index (Phi) is 3.54. The van der Waals surface area contributed by atoms with Gasteiger partial charge in [0.2, 0.25) is 10.0 Å². The molecule has 2 heterocycles. The van der Waals surface area contributed by atoms with Crippen molar-refractivity contribution in [3.8, 4) is 0 Å². The van der Waals surface area contributed by atoms with Crippen molar-refractivity contribution in [3.05, 3.63) is 42.0 Å². The summed E-state index contributed by atoms with van der Waals surface area (Å²) in [6, 6.07) is 3.80. The Labute approximate surface area is 124 Å². The molecule has 0 aromatic carbocycles. The van der Waals surface area contributed by atoms with Gasteiger partial charge in [-0.25, -0.2) is 8.42 Å². The Morgan fingerprint density at radius 2 is 2.00 bits per heavy atom. The predicted molar refractivity (Wildman–Crippen MR) is 77.9 cm³/mol. The molecule has 0 spiro atoms. The van der Waals surface area contributed by atoms with Crippen molar-refractivity contribution in [2.24, 2.45) is 7.05 Å². The van der Waals surface area contributed by atoms with E-state index < -0.39 is 10.0 Å².